The summed E-state index contributed by atoms with van der Waals surface area (Å²) in [5.41, 5.74) is 0. The largest absolute Gasteiger partial charge is 0.542 e. The Morgan fingerprint density at radius 1 is 1.50 bits per heavy atom. The van der Waals surface area contributed by atoms with Gasteiger partial charge in [0.25, 0.3) is 0 Å². The van der Waals surface area contributed by atoms with E-state index in [0.717, 1.165) is 6.08 Å². The number of hydrogen-bond donors (Lipinski definition) is 3. The third-order valence-corrected chi connectivity index (χ3v) is 1.41. The molecule has 1 heterocycles. The van der Waals surface area contributed by atoms with E-state index >= 15 is 0 Å². The lowest BCUT2D eigenvalue weighted by Gasteiger charge is -2.28. The fourth-order valence-corrected chi connectivity index (χ4v) is 0.778. The Balaban J connectivity index is 2.81. The number of ether oxygens (including phenoxy) is 1. The van der Waals surface area contributed by atoms with Gasteiger partial charge in [-0.1, -0.05) is 0 Å². The number of aliphatic hydroxyl groups is 3. The first-order valence-electron chi connectivity index (χ1n) is 3.16. The minimum atomic E-state index is -1.74. The number of aliphatic hydroxyl groups excluding tert-OH is 3. The number of carbonyl (C=O) groups excluding carboxylic acids is 1. The summed E-state index contributed by atoms with van der Waals surface area (Å²) in [6.07, 6.45) is -3.97. The molecule has 0 aromatic heterocycles. The monoisotopic (exact) mass is 175 g/mol. The van der Waals surface area contributed by atoms with Crippen molar-refractivity contribution >= 4 is 5.97 Å². The number of carbonyl (C=O) groups is 1. The molecule has 68 valence electrons. The van der Waals surface area contributed by atoms with Crippen LogP contribution < -0.4 is 5.11 Å². The third kappa shape index (κ3) is 1.55. The van der Waals surface area contributed by atoms with Gasteiger partial charge >= 0.3 is 0 Å². The first-order chi connectivity index (χ1) is 5.52. The Hall–Kier alpha value is -1.11. The second kappa shape index (κ2) is 3.10. The van der Waals surface area contributed by atoms with Gasteiger partial charge in [-0.05, 0) is 6.08 Å². The van der Waals surface area contributed by atoms with Crippen LogP contribution >= 0.6 is 0 Å². The highest BCUT2D eigenvalue weighted by Crippen LogP contribution is 2.15. The molecule has 6 heteroatoms. The van der Waals surface area contributed by atoms with Crippen LogP contribution in [0.2, 0.25) is 0 Å². The van der Waals surface area contributed by atoms with Gasteiger partial charge in [0, 0.05) is 0 Å². The van der Waals surface area contributed by atoms with Gasteiger partial charge < -0.3 is 30.0 Å². The summed E-state index contributed by atoms with van der Waals surface area (Å²) in [5.74, 6) is -2.33. The van der Waals surface area contributed by atoms with E-state index in [0.29, 0.717) is 0 Å². The minimum Gasteiger partial charge on any atom is -0.542 e. The van der Waals surface area contributed by atoms with Crippen molar-refractivity contribution in [1.82, 2.24) is 0 Å². The van der Waals surface area contributed by atoms with Crippen molar-refractivity contribution in [2.45, 2.75) is 18.5 Å². The molecular formula is C6H7O6-. The van der Waals surface area contributed by atoms with Crippen LogP contribution in [-0.2, 0) is 9.53 Å². The molecule has 1 aliphatic rings. The number of aliphatic carboxylic acids is 1. The Bertz CT molecular complexity index is 222. The molecular weight excluding hydrogens is 168 g/mol. The molecule has 0 aliphatic carbocycles. The van der Waals surface area contributed by atoms with Crippen LogP contribution in [0.25, 0.3) is 0 Å². The fourth-order valence-electron chi connectivity index (χ4n) is 0.778. The zero-order chi connectivity index (χ0) is 9.30. The smallest absolute Gasteiger partial charge is 0.226 e. The third-order valence-electron chi connectivity index (χ3n) is 1.41. The quantitative estimate of drug-likeness (QED) is 0.385. The van der Waals surface area contributed by atoms with Gasteiger partial charge in [-0.15, -0.1) is 0 Å². The van der Waals surface area contributed by atoms with Crippen molar-refractivity contribution in [3.05, 3.63) is 11.8 Å². The van der Waals surface area contributed by atoms with E-state index in [9.17, 15) is 9.90 Å². The summed E-state index contributed by atoms with van der Waals surface area (Å²) in [4.78, 5) is 10.1. The Morgan fingerprint density at radius 3 is 2.50 bits per heavy atom. The van der Waals surface area contributed by atoms with Crippen LogP contribution in [0.5, 0.6) is 0 Å². The molecule has 0 aromatic rings. The lowest BCUT2D eigenvalue weighted by atomic mass is 10.1. The van der Waals surface area contributed by atoms with Gasteiger partial charge in [0.1, 0.15) is 23.9 Å². The van der Waals surface area contributed by atoms with Crippen molar-refractivity contribution in [2.24, 2.45) is 0 Å². The molecule has 1 unspecified atom stereocenters. The number of rotatable bonds is 1. The molecule has 1 aliphatic heterocycles. The van der Waals surface area contributed by atoms with Crippen LogP contribution in [0.1, 0.15) is 0 Å². The van der Waals surface area contributed by atoms with Crippen molar-refractivity contribution < 1.29 is 30.0 Å². The topological polar surface area (TPSA) is 110 Å². The van der Waals surface area contributed by atoms with E-state index in [1.54, 1.807) is 0 Å². The van der Waals surface area contributed by atoms with Crippen molar-refractivity contribution in [1.29, 1.82) is 0 Å². The maximum Gasteiger partial charge on any atom is 0.226 e. The predicted octanol–water partition coefficient (Wildman–Crippen LogP) is -3.31. The van der Waals surface area contributed by atoms with E-state index in [4.69, 9.17) is 15.3 Å². The molecule has 6 nitrogen and oxygen atoms in total. The lowest BCUT2D eigenvalue weighted by molar-refractivity contribution is -0.308. The highest BCUT2D eigenvalue weighted by molar-refractivity contribution is 5.82. The lowest BCUT2D eigenvalue weighted by Crippen LogP contribution is -2.44. The van der Waals surface area contributed by atoms with Gasteiger partial charge in [0.2, 0.25) is 6.29 Å². The summed E-state index contributed by atoms with van der Waals surface area (Å²) < 4.78 is 4.28. The average Bonchev–Trinajstić information content (AvgIpc) is 1.99. The summed E-state index contributed by atoms with van der Waals surface area (Å²) in [6, 6.07) is 0. The molecule has 0 aromatic carbocycles. The summed E-state index contributed by atoms with van der Waals surface area (Å²) >= 11 is 0. The molecule has 12 heavy (non-hydrogen) atoms. The highest BCUT2D eigenvalue weighted by atomic mass is 16.6. The predicted molar refractivity (Wildman–Crippen MR) is 32.2 cm³/mol. The molecule has 0 radical (unpaired) electrons. The van der Waals surface area contributed by atoms with E-state index in [2.05, 4.69) is 4.74 Å². The molecule has 0 amide bonds. The minimum absolute atomic E-state index is 0.680. The Kier molecular flexibility index (Phi) is 2.32. The Labute approximate surface area is 67.3 Å². The maximum absolute atomic E-state index is 10.1. The number of hydrogen-bond acceptors (Lipinski definition) is 6. The second-order valence-corrected chi connectivity index (χ2v) is 2.31. The number of carboxylic acid groups (broad SMARTS) is 1. The first kappa shape index (κ1) is 8.98. The second-order valence-electron chi connectivity index (χ2n) is 2.31. The highest BCUT2D eigenvalue weighted by Gasteiger charge is 2.30. The van der Waals surface area contributed by atoms with Crippen LogP contribution in [-0.4, -0.2) is 39.8 Å². The zero-order valence-electron chi connectivity index (χ0n) is 5.88. The zero-order valence-corrected chi connectivity index (χ0v) is 5.88. The van der Waals surface area contributed by atoms with E-state index < -0.39 is 30.2 Å². The fraction of sp³-hybridized carbons (Fsp3) is 0.500. The standard InChI is InChI=1S/C6H8O6/c7-2-1-3(5(9)10)12-6(11)4(2)8/h1-2,4,6-8,11H,(H,9,10)/p-1/t2-,4-,6?/m0/s1. The Morgan fingerprint density at radius 2 is 2.08 bits per heavy atom. The van der Waals surface area contributed by atoms with Gasteiger partial charge in [-0.2, -0.15) is 0 Å². The normalized spacial score (nSPS) is 35.2. The van der Waals surface area contributed by atoms with Gasteiger partial charge in [0.05, 0.1) is 0 Å². The molecule has 0 saturated heterocycles. The summed E-state index contributed by atoms with van der Waals surface area (Å²) in [5, 5.41) is 36.7. The maximum atomic E-state index is 10.1. The van der Waals surface area contributed by atoms with Crippen molar-refractivity contribution in [3.8, 4) is 0 Å². The molecule has 1 rings (SSSR count). The van der Waals surface area contributed by atoms with Crippen LogP contribution in [0.15, 0.2) is 11.8 Å². The molecule has 0 spiro atoms. The molecule has 3 atom stereocenters. The molecule has 0 saturated carbocycles. The van der Waals surface area contributed by atoms with Gasteiger partial charge in [0.15, 0.2) is 0 Å². The van der Waals surface area contributed by atoms with E-state index in [1.807, 2.05) is 0 Å². The average molecular weight is 175 g/mol. The van der Waals surface area contributed by atoms with Crippen LogP contribution in [0.3, 0.4) is 0 Å². The number of carboxylic acids is 1. The summed E-state index contributed by atoms with van der Waals surface area (Å²) in [7, 11) is 0. The molecule has 0 bridgehead atoms. The van der Waals surface area contributed by atoms with Gasteiger partial charge in [-0.3, -0.25) is 0 Å². The van der Waals surface area contributed by atoms with E-state index in [1.165, 1.54) is 0 Å². The summed E-state index contributed by atoms with van der Waals surface area (Å²) in [6.45, 7) is 0. The van der Waals surface area contributed by atoms with Crippen molar-refractivity contribution in [2.75, 3.05) is 0 Å². The molecule has 3 N–H and O–H groups in total. The van der Waals surface area contributed by atoms with Crippen LogP contribution in [0.4, 0.5) is 0 Å². The SMILES string of the molecule is O=C([O-])C1=C[C@H](O)[C@H](O)C(O)O1. The first-order valence-corrected chi connectivity index (χ1v) is 3.16. The van der Waals surface area contributed by atoms with Crippen molar-refractivity contribution in [3.63, 3.8) is 0 Å². The molecule has 0 fully saturated rings. The van der Waals surface area contributed by atoms with E-state index in [-0.39, 0.29) is 0 Å². The van der Waals surface area contributed by atoms with Gasteiger partial charge in [-0.25, -0.2) is 0 Å². The van der Waals surface area contributed by atoms with Crippen LogP contribution in [0, 0.1) is 0 Å².